The van der Waals surface area contributed by atoms with Crippen LogP contribution < -0.4 is 15.6 Å². The minimum absolute atomic E-state index is 0.0432. The molecule has 3 aromatic rings. The average molecular weight is 411 g/mol. The Kier molecular flexibility index (Phi) is 5.37. The number of carbonyl (C=O) groups is 1. The van der Waals surface area contributed by atoms with Crippen molar-refractivity contribution >= 4 is 28.9 Å². The number of fused-ring (bicyclic) bond motifs is 1. The van der Waals surface area contributed by atoms with Crippen LogP contribution in [0.4, 0.5) is 17.3 Å². The Morgan fingerprint density at radius 1 is 1.40 bits per heavy atom. The lowest BCUT2D eigenvalue weighted by atomic mass is 9.90. The topological polar surface area (TPSA) is 166 Å². The molecular formula is C18H21N9O3. The summed E-state index contributed by atoms with van der Waals surface area (Å²) < 4.78 is 6.88. The van der Waals surface area contributed by atoms with Crippen molar-refractivity contribution in [3.05, 3.63) is 27.7 Å². The fourth-order valence-corrected chi connectivity index (χ4v) is 2.74. The van der Waals surface area contributed by atoms with E-state index in [-0.39, 0.29) is 46.7 Å². The molecular weight excluding hydrogens is 390 g/mol. The van der Waals surface area contributed by atoms with E-state index in [9.17, 15) is 14.9 Å². The first-order chi connectivity index (χ1) is 14.2. The summed E-state index contributed by atoms with van der Waals surface area (Å²) in [5.41, 5.74) is 0.0845. The average Bonchev–Trinajstić information content (AvgIpc) is 3.23. The number of H-pyrrole nitrogens is 2. The predicted octanol–water partition coefficient (Wildman–Crippen LogP) is 2.69. The molecule has 3 N–H and O–H groups in total. The number of anilines is 1. The lowest BCUT2D eigenvalue weighted by molar-refractivity contribution is -0.114. The fourth-order valence-electron chi connectivity index (χ4n) is 2.74. The second-order valence-electron chi connectivity index (χ2n) is 7.41. The Labute approximate surface area is 171 Å². The van der Waals surface area contributed by atoms with Gasteiger partial charge < -0.3 is 15.0 Å². The molecule has 0 saturated heterocycles. The quantitative estimate of drug-likeness (QED) is 0.546. The highest BCUT2D eigenvalue weighted by Gasteiger charge is 2.24. The van der Waals surface area contributed by atoms with E-state index in [0.717, 1.165) is 0 Å². The Bertz CT molecular complexity index is 1230. The number of aromatic nitrogens is 5. The minimum Gasteiger partial charge on any atom is -0.476 e. The molecule has 12 heteroatoms. The van der Waals surface area contributed by atoms with E-state index in [0.29, 0.717) is 11.3 Å². The molecule has 0 bridgehead atoms. The SMILES string of the molecule is CCOc1c(/N=N/c2n[nH]c(C(C)(C)C)c2C#N)c(=O)[nH]c2cc(NC(C)=O)nn12. The number of nitriles is 1. The Balaban J connectivity index is 2.12. The van der Waals surface area contributed by atoms with Crippen molar-refractivity contribution in [3.8, 4) is 11.9 Å². The minimum atomic E-state index is -0.575. The van der Waals surface area contributed by atoms with Crippen LogP contribution in [0.5, 0.6) is 5.88 Å². The van der Waals surface area contributed by atoms with Crippen LogP contribution in [0.15, 0.2) is 21.1 Å². The van der Waals surface area contributed by atoms with Gasteiger partial charge in [-0.25, -0.2) is 0 Å². The molecule has 0 spiro atoms. The van der Waals surface area contributed by atoms with Crippen LogP contribution in [-0.4, -0.2) is 37.3 Å². The van der Waals surface area contributed by atoms with Gasteiger partial charge >= 0.3 is 0 Å². The van der Waals surface area contributed by atoms with Crippen LogP contribution in [0.2, 0.25) is 0 Å². The number of carbonyl (C=O) groups excluding carboxylic acids is 1. The first kappa shape index (κ1) is 20.7. The number of nitrogens with one attached hydrogen (secondary N) is 3. The van der Waals surface area contributed by atoms with Crippen LogP contribution in [0.3, 0.4) is 0 Å². The summed E-state index contributed by atoms with van der Waals surface area (Å²) in [6, 6.07) is 3.56. The molecule has 0 aromatic carbocycles. The normalized spacial score (nSPS) is 11.7. The Morgan fingerprint density at radius 3 is 2.73 bits per heavy atom. The molecule has 1 amide bonds. The molecule has 0 radical (unpaired) electrons. The number of hydrogen-bond donors (Lipinski definition) is 3. The number of amides is 1. The van der Waals surface area contributed by atoms with Crippen molar-refractivity contribution in [2.45, 2.75) is 40.0 Å². The molecule has 156 valence electrons. The largest absolute Gasteiger partial charge is 0.476 e. The number of azo groups is 1. The number of nitrogens with zero attached hydrogens (tertiary/aromatic N) is 6. The highest BCUT2D eigenvalue weighted by molar-refractivity contribution is 5.88. The molecule has 0 aliphatic carbocycles. The third kappa shape index (κ3) is 3.90. The van der Waals surface area contributed by atoms with Gasteiger partial charge in [-0.15, -0.1) is 15.3 Å². The molecule has 3 aromatic heterocycles. The second-order valence-corrected chi connectivity index (χ2v) is 7.41. The molecule has 3 heterocycles. The summed E-state index contributed by atoms with van der Waals surface area (Å²) in [6.07, 6.45) is 0. The van der Waals surface area contributed by atoms with Gasteiger partial charge in [-0.2, -0.15) is 14.9 Å². The van der Waals surface area contributed by atoms with Crippen LogP contribution in [0.1, 0.15) is 45.9 Å². The number of aromatic amines is 2. The summed E-state index contributed by atoms with van der Waals surface area (Å²) in [7, 11) is 0. The highest BCUT2D eigenvalue weighted by atomic mass is 16.5. The van der Waals surface area contributed by atoms with Gasteiger partial charge in [-0.1, -0.05) is 20.8 Å². The third-order valence-electron chi connectivity index (χ3n) is 4.00. The van der Waals surface area contributed by atoms with Gasteiger partial charge in [0.05, 0.1) is 12.3 Å². The van der Waals surface area contributed by atoms with E-state index in [2.05, 4.69) is 41.9 Å². The van der Waals surface area contributed by atoms with Crippen molar-refractivity contribution in [3.63, 3.8) is 0 Å². The number of hydrogen-bond acceptors (Lipinski definition) is 8. The first-order valence-electron chi connectivity index (χ1n) is 9.12. The third-order valence-corrected chi connectivity index (χ3v) is 4.00. The molecule has 0 unspecified atom stereocenters. The maximum atomic E-state index is 12.6. The van der Waals surface area contributed by atoms with Crippen LogP contribution in [-0.2, 0) is 10.2 Å². The van der Waals surface area contributed by atoms with Crippen molar-refractivity contribution in [1.29, 1.82) is 5.26 Å². The van der Waals surface area contributed by atoms with E-state index >= 15 is 0 Å². The van der Waals surface area contributed by atoms with Gasteiger partial charge in [0.1, 0.15) is 17.3 Å². The summed E-state index contributed by atoms with van der Waals surface area (Å²) >= 11 is 0. The molecule has 0 saturated carbocycles. The van der Waals surface area contributed by atoms with Crippen molar-refractivity contribution in [2.24, 2.45) is 10.2 Å². The number of ether oxygens (including phenoxy) is 1. The summed E-state index contributed by atoms with van der Waals surface area (Å²) in [6.45, 7) is 9.10. The summed E-state index contributed by atoms with van der Waals surface area (Å²) in [4.78, 5) is 26.5. The van der Waals surface area contributed by atoms with Gasteiger partial charge in [0.15, 0.2) is 5.82 Å². The summed E-state index contributed by atoms with van der Waals surface area (Å²) in [5.74, 6) is 0.0309. The van der Waals surface area contributed by atoms with Crippen molar-refractivity contribution in [2.75, 3.05) is 11.9 Å². The molecule has 12 nitrogen and oxygen atoms in total. The highest BCUT2D eigenvalue weighted by Crippen LogP contribution is 2.31. The van der Waals surface area contributed by atoms with E-state index in [1.165, 1.54) is 17.5 Å². The first-order valence-corrected chi connectivity index (χ1v) is 9.12. The maximum Gasteiger partial charge on any atom is 0.283 e. The van der Waals surface area contributed by atoms with Gasteiger partial charge in [0, 0.05) is 18.4 Å². The van der Waals surface area contributed by atoms with E-state index < -0.39 is 5.56 Å². The Morgan fingerprint density at radius 2 is 2.13 bits per heavy atom. The van der Waals surface area contributed by atoms with Crippen LogP contribution in [0.25, 0.3) is 5.65 Å². The van der Waals surface area contributed by atoms with Gasteiger partial charge in [-0.05, 0) is 6.92 Å². The van der Waals surface area contributed by atoms with Crippen LogP contribution >= 0.6 is 0 Å². The second kappa shape index (κ2) is 7.78. The van der Waals surface area contributed by atoms with Crippen molar-refractivity contribution < 1.29 is 9.53 Å². The molecule has 3 rings (SSSR count). The lowest BCUT2D eigenvalue weighted by Crippen LogP contribution is -2.13. The van der Waals surface area contributed by atoms with Crippen molar-refractivity contribution in [1.82, 2.24) is 24.8 Å². The van der Waals surface area contributed by atoms with Crippen LogP contribution in [0, 0.1) is 11.3 Å². The molecule has 30 heavy (non-hydrogen) atoms. The molecule has 0 atom stereocenters. The fraction of sp³-hybridized carbons (Fsp3) is 0.389. The zero-order chi connectivity index (χ0) is 22.1. The summed E-state index contributed by atoms with van der Waals surface area (Å²) in [5, 5.41) is 31.1. The van der Waals surface area contributed by atoms with Gasteiger partial charge in [0.2, 0.25) is 17.4 Å². The Hall–Kier alpha value is -4.01. The zero-order valence-corrected chi connectivity index (χ0v) is 17.2. The monoisotopic (exact) mass is 411 g/mol. The van der Waals surface area contributed by atoms with E-state index in [1.807, 2.05) is 20.8 Å². The van der Waals surface area contributed by atoms with E-state index in [4.69, 9.17) is 4.74 Å². The number of rotatable bonds is 5. The predicted molar refractivity (Wildman–Crippen MR) is 107 cm³/mol. The standard InChI is InChI=1S/C18H21N9O3/c1-6-30-17-13(16(29)21-12-7-11(20-9(2)28)26-27(12)17)22-24-15-10(8-19)14(23-25-15)18(3,4)5/h7H,6H2,1-5H3,(H,21,29)(H,23,25)(H,20,26,28)/b24-22+. The molecule has 0 fully saturated rings. The van der Waals surface area contributed by atoms with Gasteiger partial charge in [-0.3, -0.25) is 14.7 Å². The van der Waals surface area contributed by atoms with E-state index in [1.54, 1.807) is 6.92 Å². The smallest absolute Gasteiger partial charge is 0.283 e. The lowest BCUT2D eigenvalue weighted by Gasteiger charge is -2.15. The molecule has 0 aliphatic rings. The zero-order valence-electron chi connectivity index (χ0n) is 17.2. The molecule has 0 aliphatic heterocycles. The maximum absolute atomic E-state index is 12.6. The van der Waals surface area contributed by atoms with Gasteiger partial charge in [0.25, 0.3) is 11.4 Å².